The number of benzene rings is 1. The highest BCUT2D eigenvalue weighted by atomic mass is 16.5. The van der Waals surface area contributed by atoms with Crippen LogP contribution in [0, 0.1) is 10.8 Å². The van der Waals surface area contributed by atoms with Crippen LogP contribution in [0.5, 0.6) is 11.5 Å². The van der Waals surface area contributed by atoms with Crippen molar-refractivity contribution in [3.05, 3.63) is 24.3 Å². The zero-order chi connectivity index (χ0) is 15.1. The summed E-state index contributed by atoms with van der Waals surface area (Å²) in [5, 5.41) is 14.4. The number of ether oxygens (including phenoxy) is 2. The first kappa shape index (κ1) is 15.6. The third kappa shape index (κ3) is 5.90. The summed E-state index contributed by atoms with van der Waals surface area (Å²) in [4.78, 5) is 22.7. The summed E-state index contributed by atoms with van der Waals surface area (Å²) in [5.74, 6) is -0.387. The number of esters is 2. The lowest BCUT2D eigenvalue weighted by Gasteiger charge is -2.06. The number of carbonyl (C=O) groups is 2. The Kier molecular flexibility index (Phi) is 5.58. The lowest BCUT2D eigenvalue weighted by atomic mass is 10.3. The second-order valence-corrected chi connectivity index (χ2v) is 4.33. The normalized spacial score (nSPS) is 9.70. The largest absolute Gasteiger partial charge is 0.426 e. The molecule has 0 aliphatic heterocycles. The van der Waals surface area contributed by atoms with Gasteiger partial charge in [-0.05, 0) is 38.1 Å². The average molecular weight is 276 g/mol. The molecule has 0 heterocycles. The first-order valence-electron chi connectivity index (χ1n) is 5.96. The molecule has 1 rings (SSSR count). The molecule has 0 aromatic heterocycles. The van der Waals surface area contributed by atoms with E-state index in [4.69, 9.17) is 20.3 Å². The smallest absolute Gasteiger partial charge is 0.316 e. The fourth-order valence-corrected chi connectivity index (χ4v) is 1.34. The molecule has 106 valence electrons. The highest BCUT2D eigenvalue weighted by Gasteiger charge is 2.08. The fourth-order valence-electron chi connectivity index (χ4n) is 1.34. The molecule has 0 saturated carbocycles. The van der Waals surface area contributed by atoms with E-state index in [-0.39, 0.29) is 24.3 Å². The van der Waals surface area contributed by atoms with Crippen LogP contribution in [0.1, 0.15) is 26.7 Å². The van der Waals surface area contributed by atoms with Crippen molar-refractivity contribution in [1.29, 1.82) is 10.8 Å². The number of hydrogen-bond donors (Lipinski definition) is 2. The summed E-state index contributed by atoms with van der Waals surface area (Å²) < 4.78 is 9.99. The molecule has 1 aromatic carbocycles. The Labute approximate surface area is 116 Å². The first-order valence-corrected chi connectivity index (χ1v) is 5.96. The summed E-state index contributed by atoms with van der Waals surface area (Å²) in [6, 6.07) is 5.99. The van der Waals surface area contributed by atoms with Gasteiger partial charge in [0.05, 0.1) is 12.8 Å². The van der Waals surface area contributed by atoms with Crippen LogP contribution in [-0.2, 0) is 9.59 Å². The summed E-state index contributed by atoms with van der Waals surface area (Å²) in [6.07, 6.45) is -0.120. The van der Waals surface area contributed by atoms with Gasteiger partial charge in [-0.1, -0.05) is 0 Å². The highest BCUT2D eigenvalue weighted by Crippen LogP contribution is 2.18. The maximum atomic E-state index is 11.3. The molecule has 0 fully saturated rings. The minimum Gasteiger partial charge on any atom is -0.426 e. The Balaban J connectivity index is 2.56. The number of hydrogen-bond acceptors (Lipinski definition) is 6. The molecule has 2 N–H and O–H groups in total. The Morgan fingerprint density at radius 2 is 1.15 bits per heavy atom. The standard InChI is InChI=1S/C14H16N2O4/c1-9(15)7-13(17)19-11-3-5-12(6-4-11)20-14(18)8-10(2)16/h3-6,15-16H,7-8H2,1-2H3. The van der Waals surface area contributed by atoms with Crippen LogP contribution >= 0.6 is 0 Å². The van der Waals surface area contributed by atoms with Gasteiger partial charge < -0.3 is 20.3 Å². The van der Waals surface area contributed by atoms with Crippen LogP contribution in [-0.4, -0.2) is 23.4 Å². The Morgan fingerprint density at radius 1 is 0.850 bits per heavy atom. The van der Waals surface area contributed by atoms with E-state index in [2.05, 4.69) is 0 Å². The molecule has 0 bridgehead atoms. The van der Waals surface area contributed by atoms with Crippen LogP contribution < -0.4 is 9.47 Å². The Hall–Kier alpha value is -2.50. The Bertz CT molecular complexity index is 486. The zero-order valence-corrected chi connectivity index (χ0v) is 11.4. The molecular formula is C14H16N2O4. The maximum absolute atomic E-state index is 11.3. The van der Waals surface area contributed by atoms with Gasteiger partial charge in [-0.15, -0.1) is 0 Å². The van der Waals surface area contributed by atoms with E-state index in [1.165, 1.54) is 38.1 Å². The van der Waals surface area contributed by atoms with Crippen LogP contribution in [0.15, 0.2) is 24.3 Å². The molecule has 6 heteroatoms. The fraction of sp³-hybridized carbons (Fsp3) is 0.286. The third-order valence-electron chi connectivity index (χ3n) is 2.11. The van der Waals surface area contributed by atoms with Gasteiger partial charge >= 0.3 is 11.9 Å². The molecule has 0 saturated heterocycles. The number of rotatable bonds is 6. The van der Waals surface area contributed by atoms with E-state index in [1.54, 1.807) is 0 Å². The molecule has 0 aliphatic rings. The molecule has 0 spiro atoms. The molecule has 0 atom stereocenters. The van der Waals surface area contributed by atoms with Crippen LogP contribution in [0.4, 0.5) is 0 Å². The minimum absolute atomic E-state index is 0.0602. The van der Waals surface area contributed by atoms with Crippen molar-refractivity contribution >= 4 is 23.4 Å². The SMILES string of the molecule is CC(=N)CC(=O)Oc1ccc(OC(=O)CC(C)=N)cc1. The molecule has 1 aromatic rings. The van der Waals surface area contributed by atoms with Crippen molar-refractivity contribution in [2.24, 2.45) is 0 Å². The van der Waals surface area contributed by atoms with Gasteiger partial charge in [0, 0.05) is 11.4 Å². The molecule has 0 unspecified atom stereocenters. The van der Waals surface area contributed by atoms with Crippen molar-refractivity contribution in [2.45, 2.75) is 26.7 Å². The van der Waals surface area contributed by atoms with Crippen molar-refractivity contribution in [3.8, 4) is 11.5 Å². The predicted molar refractivity (Wildman–Crippen MR) is 73.7 cm³/mol. The quantitative estimate of drug-likeness (QED) is 0.473. The van der Waals surface area contributed by atoms with Crippen molar-refractivity contribution in [3.63, 3.8) is 0 Å². The predicted octanol–water partition coefficient (Wildman–Crippen LogP) is 2.36. The zero-order valence-electron chi connectivity index (χ0n) is 11.4. The van der Waals surface area contributed by atoms with E-state index in [1.807, 2.05) is 0 Å². The van der Waals surface area contributed by atoms with Gasteiger partial charge in [-0.2, -0.15) is 0 Å². The molecule has 0 aliphatic carbocycles. The number of nitrogens with one attached hydrogen (secondary N) is 2. The van der Waals surface area contributed by atoms with Gasteiger partial charge in [0.25, 0.3) is 0 Å². The van der Waals surface area contributed by atoms with Crippen molar-refractivity contribution < 1.29 is 19.1 Å². The summed E-state index contributed by atoms with van der Waals surface area (Å²) >= 11 is 0. The molecule has 0 radical (unpaired) electrons. The maximum Gasteiger partial charge on any atom is 0.316 e. The molecule has 6 nitrogen and oxygen atoms in total. The second-order valence-electron chi connectivity index (χ2n) is 4.33. The van der Waals surface area contributed by atoms with E-state index in [0.717, 1.165) is 0 Å². The van der Waals surface area contributed by atoms with Crippen molar-refractivity contribution in [2.75, 3.05) is 0 Å². The van der Waals surface area contributed by atoms with Gasteiger partial charge in [0.2, 0.25) is 0 Å². The summed E-state index contributed by atoms with van der Waals surface area (Å²) in [7, 11) is 0. The lowest BCUT2D eigenvalue weighted by molar-refractivity contribution is -0.134. The lowest BCUT2D eigenvalue weighted by Crippen LogP contribution is -2.12. The van der Waals surface area contributed by atoms with E-state index in [9.17, 15) is 9.59 Å². The van der Waals surface area contributed by atoms with Gasteiger partial charge in [0.1, 0.15) is 11.5 Å². The monoisotopic (exact) mass is 276 g/mol. The van der Waals surface area contributed by atoms with Crippen LogP contribution in [0.2, 0.25) is 0 Å². The number of carbonyl (C=O) groups excluding carboxylic acids is 2. The molecule has 0 amide bonds. The third-order valence-corrected chi connectivity index (χ3v) is 2.11. The Morgan fingerprint density at radius 3 is 1.40 bits per heavy atom. The van der Waals surface area contributed by atoms with Gasteiger partial charge in [-0.25, -0.2) is 0 Å². The minimum atomic E-state index is -0.512. The van der Waals surface area contributed by atoms with Gasteiger partial charge in [-0.3, -0.25) is 9.59 Å². The van der Waals surface area contributed by atoms with E-state index >= 15 is 0 Å². The first-order chi connectivity index (χ1) is 9.36. The topological polar surface area (TPSA) is 100 Å². The molecular weight excluding hydrogens is 260 g/mol. The van der Waals surface area contributed by atoms with Crippen LogP contribution in [0.3, 0.4) is 0 Å². The van der Waals surface area contributed by atoms with Gasteiger partial charge in [0.15, 0.2) is 0 Å². The molecule has 20 heavy (non-hydrogen) atoms. The highest BCUT2D eigenvalue weighted by molar-refractivity contribution is 5.97. The summed E-state index contributed by atoms with van der Waals surface area (Å²) in [5.41, 5.74) is 0.449. The van der Waals surface area contributed by atoms with E-state index < -0.39 is 11.9 Å². The van der Waals surface area contributed by atoms with Crippen molar-refractivity contribution in [1.82, 2.24) is 0 Å². The summed E-state index contributed by atoms with van der Waals surface area (Å²) in [6.45, 7) is 3.05. The second kappa shape index (κ2) is 7.18. The van der Waals surface area contributed by atoms with E-state index in [0.29, 0.717) is 11.5 Å². The average Bonchev–Trinajstić information content (AvgIpc) is 2.29. The van der Waals surface area contributed by atoms with Crippen LogP contribution in [0.25, 0.3) is 0 Å².